The number of hydrogen-bond acceptors (Lipinski definition) is 4. The van der Waals surface area contributed by atoms with Crippen molar-refractivity contribution < 1.29 is 14.3 Å². The minimum absolute atomic E-state index is 0.358. The Hall–Kier alpha value is -2.01. The summed E-state index contributed by atoms with van der Waals surface area (Å²) in [5, 5.41) is 1.44. The monoisotopic (exact) mass is 246 g/mol. The molecule has 0 unspecified atom stereocenters. The van der Waals surface area contributed by atoms with E-state index in [2.05, 4.69) is 5.43 Å². The molecular formula is C13H14N2O3. The number of fused-ring (bicyclic) bond motifs is 2. The zero-order valence-electron chi connectivity index (χ0n) is 10.1. The second-order valence-corrected chi connectivity index (χ2v) is 4.08. The second kappa shape index (κ2) is 4.34. The summed E-state index contributed by atoms with van der Waals surface area (Å²) in [6.07, 6.45) is -0.384. The lowest BCUT2D eigenvalue weighted by Gasteiger charge is -2.23. The Morgan fingerprint density at radius 2 is 2.33 bits per heavy atom. The molecule has 5 nitrogen and oxygen atoms in total. The molecule has 1 aromatic carbocycles. The zero-order valence-corrected chi connectivity index (χ0v) is 10.1. The van der Waals surface area contributed by atoms with Gasteiger partial charge in [0.25, 0.3) is 0 Å². The Bertz CT molecular complexity index is 525. The van der Waals surface area contributed by atoms with Crippen molar-refractivity contribution in [1.82, 2.24) is 10.4 Å². The summed E-state index contributed by atoms with van der Waals surface area (Å²) >= 11 is 0. The van der Waals surface area contributed by atoms with Crippen molar-refractivity contribution >= 4 is 11.7 Å². The molecule has 0 radical (unpaired) electrons. The van der Waals surface area contributed by atoms with Gasteiger partial charge in [0, 0.05) is 17.7 Å². The third kappa shape index (κ3) is 1.64. The van der Waals surface area contributed by atoms with Gasteiger partial charge >= 0.3 is 6.09 Å². The molecule has 0 atom stereocenters. The van der Waals surface area contributed by atoms with Gasteiger partial charge in [0.2, 0.25) is 0 Å². The molecule has 0 saturated carbocycles. The minimum Gasteiger partial charge on any atom is -0.487 e. The highest BCUT2D eigenvalue weighted by molar-refractivity contribution is 5.82. The molecule has 3 rings (SSSR count). The fourth-order valence-corrected chi connectivity index (χ4v) is 2.24. The fourth-order valence-electron chi connectivity index (χ4n) is 2.24. The van der Waals surface area contributed by atoms with E-state index < -0.39 is 0 Å². The van der Waals surface area contributed by atoms with E-state index in [0.29, 0.717) is 19.8 Å². The highest BCUT2D eigenvalue weighted by atomic mass is 16.6. The van der Waals surface area contributed by atoms with Gasteiger partial charge in [-0.15, -0.1) is 0 Å². The summed E-state index contributed by atoms with van der Waals surface area (Å²) in [6.45, 7) is 3.15. The number of carbonyl (C=O) groups excluding carboxylic acids is 1. The molecule has 1 amide bonds. The van der Waals surface area contributed by atoms with Gasteiger partial charge in [-0.05, 0) is 13.0 Å². The predicted octanol–water partition coefficient (Wildman–Crippen LogP) is 1.77. The molecule has 0 fully saturated rings. The number of carbonyl (C=O) groups is 1. The SMILES string of the molecule is CCOC(=O)N1NCC2=C1COc1ccccc12. The maximum absolute atomic E-state index is 11.8. The highest BCUT2D eigenvalue weighted by Gasteiger charge is 2.33. The van der Waals surface area contributed by atoms with Crippen LogP contribution < -0.4 is 10.2 Å². The Morgan fingerprint density at radius 3 is 3.17 bits per heavy atom. The molecule has 2 aliphatic rings. The van der Waals surface area contributed by atoms with Crippen LogP contribution >= 0.6 is 0 Å². The highest BCUT2D eigenvalue weighted by Crippen LogP contribution is 2.35. The van der Waals surface area contributed by atoms with Crippen LogP contribution in [0, 0.1) is 0 Å². The molecule has 2 aliphatic heterocycles. The first-order valence-corrected chi connectivity index (χ1v) is 5.96. The van der Waals surface area contributed by atoms with Crippen LogP contribution in [-0.4, -0.2) is 30.9 Å². The standard InChI is InChI=1S/C13H14N2O3/c1-2-17-13(16)15-11-8-18-12-6-4-3-5-9(12)10(11)7-14-15/h3-6,14H,2,7-8H2,1H3. The van der Waals surface area contributed by atoms with Crippen molar-refractivity contribution in [2.24, 2.45) is 0 Å². The van der Waals surface area contributed by atoms with Gasteiger partial charge < -0.3 is 9.47 Å². The van der Waals surface area contributed by atoms with E-state index in [1.165, 1.54) is 5.01 Å². The number of rotatable bonds is 1. The van der Waals surface area contributed by atoms with Crippen LogP contribution in [0.1, 0.15) is 12.5 Å². The number of ether oxygens (including phenoxy) is 2. The molecule has 0 spiro atoms. The Labute approximate surface area is 105 Å². The third-order valence-electron chi connectivity index (χ3n) is 3.06. The summed E-state index contributed by atoms with van der Waals surface area (Å²) < 4.78 is 10.6. The van der Waals surface area contributed by atoms with Crippen molar-refractivity contribution in [2.75, 3.05) is 19.8 Å². The number of hydrazine groups is 1. The number of para-hydroxylation sites is 1. The van der Waals surface area contributed by atoms with E-state index in [4.69, 9.17) is 9.47 Å². The first-order valence-electron chi connectivity index (χ1n) is 5.96. The topological polar surface area (TPSA) is 50.8 Å². The molecular weight excluding hydrogens is 232 g/mol. The van der Waals surface area contributed by atoms with Crippen LogP contribution in [0.5, 0.6) is 5.75 Å². The molecule has 0 aliphatic carbocycles. The van der Waals surface area contributed by atoms with Crippen LogP contribution in [0.4, 0.5) is 4.79 Å². The molecule has 0 bridgehead atoms. The largest absolute Gasteiger partial charge is 0.487 e. The fraction of sp³-hybridized carbons (Fsp3) is 0.308. The molecule has 94 valence electrons. The van der Waals surface area contributed by atoms with Crippen LogP contribution in [0.15, 0.2) is 30.0 Å². The molecule has 0 aromatic heterocycles. The summed E-state index contributed by atoms with van der Waals surface area (Å²) in [7, 11) is 0. The lowest BCUT2D eigenvalue weighted by Crippen LogP contribution is -2.39. The Balaban J connectivity index is 1.95. The van der Waals surface area contributed by atoms with Crippen molar-refractivity contribution in [3.05, 3.63) is 35.5 Å². The minimum atomic E-state index is -0.384. The summed E-state index contributed by atoms with van der Waals surface area (Å²) in [5.74, 6) is 0.865. The maximum Gasteiger partial charge on any atom is 0.428 e. The van der Waals surface area contributed by atoms with E-state index in [1.54, 1.807) is 6.92 Å². The van der Waals surface area contributed by atoms with E-state index in [9.17, 15) is 4.79 Å². The van der Waals surface area contributed by atoms with Crippen molar-refractivity contribution in [3.63, 3.8) is 0 Å². The van der Waals surface area contributed by atoms with E-state index in [1.807, 2.05) is 24.3 Å². The van der Waals surface area contributed by atoms with Gasteiger partial charge in [0.1, 0.15) is 12.4 Å². The van der Waals surface area contributed by atoms with E-state index in [-0.39, 0.29) is 6.09 Å². The number of nitrogens with zero attached hydrogens (tertiary/aromatic N) is 1. The third-order valence-corrected chi connectivity index (χ3v) is 3.06. The molecule has 1 aromatic rings. The number of hydrogen-bond donors (Lipinski definition) is 1. The lowest BCUT2D eigenvalue weighted by atomic mass is 10.0. The van der Waals surface area contributed by atoms with Gasteiger partial charge in [0.15, 0.2) is 0 Å². The molecule has 1 N–H and O–H groups in total. The first kappa shape index (κ1) is 11.1. The van der Waals surface area contributed by atoms with Gasteiger partial charge in [-0.1, -0.05) is 18.2 Å². The summed E-state index contributed by atoms with van der Waals surface area (Å²) in [5.41, 5.74) is 6.01. The first-order chi connectivity index (χ1) is 8.81. The van der Waals surface area contributed by atoms with Crippen LogP contribution in [0.3, 0.4) is 0 Å². The smallest absolute Gasteiger partial charge is 0.428 e. The molecule has 18 heavy (non-hydrogen) atoms. The average Bonchev–Trinajstić information content (AvgIpc) is 2.83. The Morgan fingerprint density at radius 1 is 1.50 bits per heavy atom. The maximum atomic E-state index is 11.8. The van der Waals surface area contributed by atoms with Crippen LogP contribution in [0.2, 0.25) is 0 Å². The van der Waals surface area contributed by atoms with Gasteiger partial charge in [0.05, 0.1) is 12.3 Å². The van der Waals surface area contributed by atoms with Crippen LogP contribution in [-0.2, 0) is 4.74 Å². The van der Waals surface area contributed by atoms with Crippen LogP contribution in [0.25, 0.3) is 5.57 Å². The quantitative estimate of drug-likeness (QED) is 0.820. The van der Waals surface area contributed by atoms with Crippen molar-refractivity contribution in [3.8, 4) is 5.75 Å². The Kier molecular flexibility index (Phi) is 2.68. The number of nitrogens with one attached hydrogen (secondary N) is 1. The lowest BCUT2D eigenvalue weighted by molar-refractivity contribution is 0.103. The number of benzene rings is 1. The van der Waals surface area contributed by atoms with Gasteiger partial charge in [-0.2, -0.15) is 0 Å². The molecule has 0 saturated heterocycles. The predicted molar refractivity (Wildman–Crippen MR) is 65.7 cm³/mol. The number of amides is 1. The normalized spacial score (nSPS) is 17.1. The molecule has 2 heterocycles. The van der Waals surface area contributed by atoms with E-state index >= 15 is 0 Å². The van der Waals surface area contributed by atoms with Gasteiger partial charge in [-0.3, -0.25) is 0 Å². The second-order valence-electron chi connectivity index (χ2n) is 4.08. The molecule has 5 heteroatoms. The van der Waals surface area contributed by atoms with Gasteiger partial charge in [-0.25, -0.2) is 15.2 Å². The zero-order chi connectivity index (χ0) is 12.5. The summed E-state index contributed by atoms with van der Waals surface area (Å²) in [6, 6.07) is 7.84. The van der Waals surface area contributed by atoms with E-state index in [0.717, 1.165) is 22.6 Å². The summed E-state index contributed by atoms with van der Waals surface area (Å²) in [4.78, 5) is 11.8. The van der Waals surface area contributed by atoms with Crippen molar-refractivity contribution in [2.45, 2.75) is 6.92 Å². The average molecular weight is 246 g/mol. The van der Waals surface area contributed by atoms with Crippen molar-refractivity contribution in [1.29, 1.82) is 0 Å².